The summed E-state index contributed by atoms with van der Waals surface area (Å²) in [4.78, 5) is 4.22. The van der Waals surface area contributed by atoms with Crippen molar-refractivity contribution in [3.63, 3.8) is 0 Å². The van der Waals surface area contributed by atoms with E-state index in [0.717, 1.165) is 11.3 Å². The van der Waals surface area contributed by atoms with Gasteiger partial charge >= 0.3 is 0 Å². The molecule has 2 heteroatoms. The lowest BCUT2D eigenvalue weighted by molar-refractivity contribution is 1.12. The lowest BCUT2D eigenvalue weighted by Gasteiger charge is -2.02. The van der Waals surface area contributed by atoms with Crippen LogP contribution in [0.2, 0.25) is 0 Å². The summed E-state index contributed by atoms with van der Waals surface area (Å²) >= 11 is 0. The van der Waals surface area contributed by atoms with E-state index in [1.165, 1.54) is 0 Å². The fourth-order valence-electron chi connectivity index (χ4n) is 0.969. The van der Waals surface area contributed by atoms with Gasteiger partial charge in [0.05, 0.1) is 11.3 Å². The Bertz CT molecular complexity index is 359. The third kappa shape index (κ3) is 1.35. The molecule has 0 bridgehead atoms. The van der Waals surface area contributed by atoms with Gasteiger partial charge in [-0.15, -0.1) is 0 Å². The van der Waals surface area contributed by atoms with Crippen LogP contribution >= 0.6 is 0 Å². The average Bonchev–Trinajstić information content (AvgIpc) is 2.09. The van der Waals surface area contributed by atoms with E-state index in [1.807, 2.05) is 19.9 Å². The molecule has 0 amide bonds. The zero-order valence-corrected chi connectivity index (χ0v) is 7.26. The molecule has 0 unspecified atom stereocenters. The van der Waals surface area contributed by atoms with Crippen molar-refractivity contribution >= 4 is 6.08 Å². The average molecular weight is 158 g/mol. The number of aromatic nitrogens is 1. The van der Waals surface area contributed by atoms with E-state index < -0.39 is 0 Å². The molecule has 0 aliphatic rings. The van der Waals surface area contributed by atoms with Gasteiger partial charge < -0.3 is 0 Å². The molecule has 0 aromatic carbocycles. The van der Waals surface area contributed by atoms with E-state index >= 15 is 0 Å². The van der Waals surface area contributed by atoms with Crippen LogP contribution in [0.3, 0.4) is 0 Å². The summed E-state index contributed by atoms with van der Waals surface area (Å²) in [6, 6.07) is 3.91. The summed E-state index contributed by atoms with van der Waals surface area (Å²) in [5.41, 5.74) is 3.25. The van der Waals surface area contributed by atoms with E-state index in [4.69, 9.17) is 5.26 Å². The van der Waals surface area contributed by atoms with Crippen molar-refractivity contribution in [1.82, 2.24) is 4.98 Å². The standard InChI is InChI=1S/C10H10N2/c1-4-10-9(6-11)5-7(2)8(3)12-10/h4-5H,1H2,2-3H3. The Labute approximate surface area is 72.2 Å². The second kappa shape index (κ2) is 3.19. The highest BCUT2D eigenvalue weighted by atomic mass is 14.7. The highest BCUT2D eigenvalue weighted by Crippen LogP contribution is 2.11. The van der Waals surface area contributed by atoms with Crippen molar-refractivity contribution in [3.8, 4) is 6.07 Å². The summed E-state index contributed by atoms with van der Waals surface area (Å²) in [6.07, 6.45) is 1.60. The lowest BCUT2D eigenvalue weighted by Crippen LogP contribution is -1.93. The number of pyridine rings is 1. The number of rotatable bonds is 1. The van der Waals surface area contributed by atoms with E-state index in [9.17, 15) is 0 Å². The van der Waals surface area contributed by atoms with Crippen LogP contribution in [0.4, 0.5) is 0 Å². The van der Waals surface area contributed by atoms with Crippen molar-refractivity contribution in [2.45, 2.75) is 13.8 Å². The van der Waals surface area contributed by atoms with Gasteiger partial charge in [0, 0.05) is 5.69 Å². The fourth-order valence-corrected chi connectivity index (χ4v) is 0.969. The Morgan fingerprint density at radius 3 is 2.75 bits per heavy atom. The van der Waals surface area contributed by atoms with Gasteiger partial charge in [0.25, 0.3) is 0 Å². The molecule has 1 aromatic rings. The SMILES string of the molecule is C=Cc1nc(C)c(C)cc1C#N. The molecule has 12 heavy (non-hydrogen) atoms. The summed E-state index contributed by atoms with van der Waals surface area (Å²) < 4.78 is 0. The van der Waals surface area contributed by atoms with Crippen molar-refractivity contribution in [1.29, 1.82) is 5.26 Å². The predicted octanol–water partition coefficient (Wildman–Crippen LogP) is 2.21. The largest absolute Gasteiger partial charge is 0.252 e. The van der Waals surface area contributed by atoms with Gasteiger partial charge in [-0.1, -0.05) is 6.58 Å². The summed E-state index contributed by atoms with van der Waals surface area (Å²) in [5.74, 6) is 0. The van der Waals surface area contributed by atoms with Crippen LogP contribution < -0.4 is 0 Å². The van der Waals surface area contributed by atoms with Crippen LogP contribution in [-0.2, 0) is 0 Å². The topological polar surface area (TPSA) is 36.7 Å². The summed E-state index contributed by atoms with van der Waals surface area (Å²) in [7, 11) is 0. The number of nitrogens with zero attached hydrogens (tertiary/aromatic N) is 2. The molecule has 0 spiro atoms. The molecule has 0 saturated heterocycles. The second-order valence-electron chi connectivity index (χ2n) is 2.64. The molecular formula is C10H10N2. The maximum atomic E-state index is 8.73. The third-order valence-corrected chi connectivity index (χ3v) is 1.81. The van der Waals surface area contributed by atoms with Gasteiger partial charge in [0.2, 0.25) is 0 Å². The van der Waals surface area contributed by atoms with Crippen LogP contribution in [0.25, 0.3) is 6.08 Å². The first-order chi connectivity index (χ1) is 5.69. The van der Waals surface area contributed by atoms with Gasteiger partial charge in [0.1, 0.15) is 6.07 Å². The van der Waals surface area contributed by atoms with Crippen LogP contribution in [-0.4, -0.2) is 4.98 Å². The van der Waals surface area contributed by atoms with Crippen LogP contribution in [0, 0.1) is 25.2 Å². The molecule has 1 aromatic heterocycles. The Morgan fingerprint density at radius 1 is 1.58 bits per heavy atom. The zero-order valence-electron chi connectivity index (χ0n) is 7.26. The summed E-state index contributed by atoms with van der Waals surface area (Å²) in [5, 5.41) is 8.73. The van der Waals surface area contributed by atoms with Crippen LogP contribution in [0.15, 0.2) is 12.6 Å². The highest BCUT2D eigenvalue weighted by Gasteiger charge is 2.02. The van der Waals surface area contributed by atoms with Gasteiger partial charge in [-0.05, 0) is 31.6 Å². The van der Waals surface area contributed by atoms with Crippen molar-refractivity contribution in [2.24, 2.45) is 0 Å². The second-order valence-corrected chi connectivity index (χ2v) is 2.64. The Morgan fingerprint density at radius 2 is 2.25 bits per heavy atom. The van der Waals surface area contributed by atoms with Gasteiger partial charge in [-0.3, -0.25) is 4.98 Å². The number of hydrogen-bond donors (Lipinski definition) is 0. The van der Waals surface area contributed by atoms with Gasteiger partial charge in [0.15, 0.2) is 0 Å². The maximum absolute atomic E-state index is 8.73. The monoisotopic (exact) mass is 158 g/mol. The molecule has 0 saturated carbocycles. The molecule has 0 radical (unpaired) electrons. The van der Waals surface area contributed by atoms with Crippen LogP contribution in [0.1, 0.15) is 22.5 Å². The molecule has 0 aliphatic carbocycles. The first-order valence-electron chi connectivity index (χ1n) is 3.70. The predicted molar refractivity (Wildman–Crippen MR) is 48.5 cm³/mol. The van der Waals surface area contributed by atoms with Crippen molar-refractivity contribution in [2.75, 3.05) is 0 Å². The minimum Gasteiger partial charge on any atom is -0.252 e. The first kappa shape index (κ1) is 8.48. The molecule has 0 aliphatic heterocycles. The molecular weight excluding hydrogens is 148 g/mol. The lowest BCUT2D eigenvalue weighted by atomic mass is 10.1. The normalized spacial score (nSPS) is 9.08. The number of nitriles is 1. The minimum atomic E-state index is 0.591. The first-order valence-corrected chi connectivity index (χ1v) is 3.70. The quantitative estimate of drug-likeness (QED) is 0.628. The zero-order chi connectivity index (χ0) is 9.14. The van der Waals surface area contributed by atoms with E-state index in [1.54, 1.807) is 6.08 Å². The van der Waals surface area contributed by atoms with Crippen molar-refractivity contribution < 1.29 is 0 Å². The van der Waals surface area contributed by atoms with Crippen molar-refractivity contribution in [3.05, 3.63) is 35.2 Å². The number of aryl methyl sites for hydroxylation is 2. The Hall–Kier alpha value is -1.62. The highest BCUT2D eigenvalue weighted by molar-refractivity contribution is 5.53. The molecule has 0 atom stereocenters. The van der Waals surface area contributed by atoms with E-state index in [2.05, 4.69) is 17.6 Å². The Balaban J connectivity index is 3.41. The van der Waals surface area contributed by atoms with E-state index in [0.29, 0.717) is 11.3 Å². The maximum Gasteiger partial charge on any atom is 0.101 e. The molecule has 1 rings (SSSR count). The van der Waals surface area contributed by atoms with E-state index in [-0.39, 0.29) is 0 Å². The number of hydrogen-bond acceptors (Lipinski definition) is 2. The minimum absolute atomic E-state index is 0.591. The molecule has 1 heterocycles. The van der Waals surface area contributed by atoms with Gasteiger partial charge in [-0.25, -0.2) is 0 Å². The molecule has 0 N–H and O–H groups in total. The van der Waals surface area contributed by atoms with Crippen LogP contribution in [0.5, 0.6) is 0 Å². The molecule has 0 fully saturated rings. The van der Waals surface area contributed by atoms with Gasteiger partial charge in [-0.2, -0.15) is 5.26 Å². The molecule has 60 valence electrons. The fraction of sp³-hybridized carbons (Fsp3) is 0.200. The Kier molecular flexibility index (Phi) is 2.25. The summed E-state index contributed by atoms with van der Waals surface area (Å²) in [6.45, 7) is 7.46. The smallest absolute Gasteiger partial charge is 0.101 e. The molecule has 2 nitrogen and oxygen atoms in total. The third-order valence-electron chi connectivity index (χ3n) is 1.81.